The third kappa shape index (κ3) is 4.32. The normalized spacial score (nSPS) is 19.8. The molecule has 0 bridgehead atoms. The Morgan fingerprint density at radius 3 is 2.63 bits per heavy atom. The first-order valence-corrected chi connectivity index (χ1v) is 11.2. The van der Waals surface area contributed by atoms with Crippen LogP contribution in [0.4, 0.5) is 0 Å². The van der Waals surface area contributed by atoms with Crippen molar-refractivity contribution < 1.29 is 0 Å². The average molecular weight is 387 g/mol. The Hall–Kier alpha value is -1.53. The molecule has 27 heavy (non-hydrogen) atoms. The zero-order chi connectivity index (χ0) is 18.8. The highest BCUT2D eigenvalue weighted by Crippen LogP contribution is 2.35. The van der Waals surface area contributed by atoms with Crippen LogP contribution in [0.25, 0.3) is 0 Å². The van der Waals surface area contributed by atoms with Crippen molar-refractivity contribution in [3.05, 3.63) is 44.0 Å². The van der Waals surface area contributed by atoms with Crippen LogP contribution in [0.1, 0.15) is 66.4 Å². The first-order chi connectivity index (χ1) is 13.1. The number of nitrogens with zero attached hydrogens (tertiary/aromatic N) is 4. The maximum absolute atomic E-state index is 12.4. The van der Waals surface area contributed by atoms with Crippen molar-refractivity contribution >= 4 is 11.3 Å². The molecule has 6 heteroatoms. The molecule has 0 atom stereocenters. The molecule has 0 radical (unpaired) electrons. The number of aromatic nitrogens is 3. The van der Waals surface area contributed by atoms with Gasteiger partial charge in [-0.25, -0.2) is 9.97 Å². The van der Waals surface area contributed by atoms with Crippen molar-refractivity contribution in [3.8, 4) is 0 Å². The molecule has 2 aliphatic rings. The Morgan fingerprint density at radius 1 is 1.15 bits per heavy atom. The third-order valence-electron chi connectivity index (χ3n) is 6.34. The van der Waals surface area contributed by atoms with E-state index in [2.05, 4.69) is 15.3 Å². The van der Waals surface area contributed by atoms with Crippen molar-refractivity contribution in [1.82, 2.24) is 19.4 Å². The molecule has 2 aromatic heterocycles. The van der Waals surface area contributed by atoms with Gasteiger partial charge in [-0.05, 0) is 58.5 Å². The van der Waals surface area contributed by atoms with Crippen molar-refractivity contribution in [2.75, 3.05) is 13.1 Å². The Kier molecular flexibility index (Phi) is 5.74. The van der Waals surface area contributed by atoms with Crippen LogP contribution < -0.4 is 5.56 Å². The van der Waals surface area contributed by atoms with Gasteiger partial charge in [-0.3, -0.25) is 14.3 Å². The Morgan fingerprint density at radius 2 is 1.89 bits per heavy atom. The van der Waals surface area contributed by atoms with E-state index in [4.69, 9.17) is 4.98 Å². The predicted octanol–water partition coefficient (Wildman–Crippen LogP) is 3.89. The number of aryl methyl sites for hydroxylation is 1. The van der Waals surface area contributed by atoms with Crippen LogP contribution in [-0.2, 0) is 13.1 Å². The molecule has 1 saturated heterocycles. The number of hydrogen-bond acceptors (Lipinski definition) is 5. The van der Waals surface area contributed by atoms with Gasteiger partial charge in [0.15, 0.2) is 0 Å². The summed E-state index contributed by atoms with van der Waals surface area (Å²) in [7, 11) is 0. The highest BCUT2D eigenvalue weighted by atomic mass is 32.1. The van der Waals surface area contributed by atoms with Gasteiger partial charge in [0, 0.05) is 35.6 Å². The molecule has 5 nitrogen and oxygen atoms in total. The van der Waals surface area contributed by atoms with Crippen LogP contribution in [-0.4, -0.2) is 32.5 Å². The molecule has 0 aromatic carbocycles. The number of piperidine rings is 1. The maximum Gasteiger partial charge on any atom is 0.256 e. The fourth-order valence-corrected chi connectivity index (χ4v) is 5.38. The summed E-state index contributed by atoms with van der Waals surface area (Å²) in [6.45, 7) is 7.72. The van der Waals surface area contributed by atoms with Gasteiger partial charge in [0.05, 0.1) is 17.0 Å². The lowest BCUT2D eigenvalue weighted by Crippen LogP contribution is -2.36. The highest BCUT2D eigenvalue weighted by molar-refractivity contribution is 7.09. The van der Waals surface area contributed by atoms with Gasteiger partial charge in [-0.15, -0.1) is 11.3 Å². The zero-order valence-corrected chi connectivity index (χ0v) is 17.3. The smallest absolute Gasteiger partial charge is 0.256 e. The number of thiazole rings is 1. The molecule has 4 rings (SSSR count). The van der Waals surface area contributed by atoms with E-state index in [1.54, 1.807) is 10.9 Å². The van der Waals surface area contributed by atoms with Crippen molar-refractivity contribution in [2.45, 2.75) is 71.4 Å². The quantitative estimate of drug-likeness (QED) is 0.782. The maximum atomic E-state index is 12.4. The molecule has 0 N–H and O–H groups in total. The summed E-state index contributed by atoms with van der Waals surface area (Å²) in [4.78, 5) is 24.2. The Balaban J connectivity index is 1.29. The average Bonchev–Trinajstić information content (AvgIpc) is 3.35. The van der Waals surface area contributed by atoms with Gasteiger partial charge in [0.1, 0.15) is 0 Å². The van der Waals surface area contributed by atoms with E-state index in [-0.39, 0.29) is 5.56 Å². The molecule has 1 aliphatic carbocycles. The van der Waals surface area contributed by atoms with Gasteiger partial charge < -0.3 is 0 Å². The Bertz CT molecular complexity index is 829. The summed E-state index contributed by atoms with van der Waals surface area (Å²) in [5.74, 6) is 1.28. The van der Waals surface area contributed by atoms with E-state index in [1.165, 1.54) is 36.4 Å². The summed E-state index contributed by atoms with van der Waals surface area (Å²) >= 11 is 1.86. The molecular weight excluding hydrogens is 356 g/mol. The van der Waals surface area contributed by atoms with Gasteiger partial charge >= 0.3 is 0 Å². The molecule has 2 fully saturated rings. The minimum atomic E-state index is 0.117. The van der Waals surface area contributed by atoms with Gasteiger partial charge in [0.2, 0.25) is 0 Å². The molecule has 146 valence electrons. The number of hydrogen-bond donors (Lipinski definition) is 0. The van der Waals surface area contributed by atoms with E-state index >= 15 is 0 Å². The molecule has 3 heterocycles. The first kappa shape index (κ1) is 18.8. The van der Waals surface area contributed by atoms with Crippen molar-refractivity contribution in [1.29, 1.82) is 0 Å². The second kappa shape index (κ2) is 8.23. The summed E-state index contributed by atoms with van der Waals surface area (Å²) in [6, 6.07) is 0. The summed E-state index contributed by atoms with van der Waals surface area (Å²) in [5.41, 5.74) is 2.98. The molecule has 1 saturated carbocycles. The monoisotopic (exact) mass is 386 g/mol. The van der Waals surface area contributed by atoms with Crippen LogP contribution in [0.5, 0.6) is 0 Å². The molecule has 0 amide bonds. The van der Waals surface area contributed by atoms with E-state index in [0.717, 1.165) is 56.2 Å². The minimum absolute atomic E-state index is 0.117. The van der Waals surface area contributed by atoms with Gasteiger partial charge in [0.25, 0.3) is 5.56 Å². The molecule has 1 aliphatic heterocycles. The SMILES string of the molecule is Cc1ncn(CC2CCN(Cc3csc(C4CCCC4)n3)CC2)c(=O)c1C. The van der Waals surface area contributed by atoms with Crippen molar-refractivity contribution in [2.24, 2.45) is 5.92 Å². The molecular formula is C21H30N4OS. The molecule has 0 unspecified atom stereocenters. The topological polar surface area (TPSA) is 51.0 Å². The lowest BCUT2D eigenvalue weighted by molar-refractivity contribution is 0.165. The minimum Gasteiger partial charge on any atom is -0.299 e. The fraction of sp³-hybridized carbons (Fsp3) is 0.667. The van der Waals surface area contributed by atoms with E-state index in [1.807, 2.05) is 25.2 Å². The van der Waals surface area contributed by atoms with E-state index in [0.29, 0.717) is 5.92 Å². The van der Waals surface area contributed by atoms with Gasteiger partial charge in [-0.2, -0.15) is 0 Å². The largest absolute Gasteiger partial charge is 0.299 e. The lowest BCUT2D eigenvalue weighted by atomic mass is 9.96. The second-order valence-corrected chi connectivity index (χ2v) is 9.18. The predicted molar refractivity (Wildman–Crippen MR) is 109 cm³/mol. The van der Waals surface area contributed by atoms with Crippen LogP contribution in [0.3, 0.4) is 0 Å². The van der Waals surface area contributed by atoms with Crippen LogP contribution in [0.15, 0.2) is 16.5 Å². The highest BCUT2D eigenvalue weighted by Gasteiger charge is 2.23. The molecule has 2 aromatic rings. The van der Waals surface area contributed by atoms with E-state index in [9.17, 15) is 4.79 Å². The van der Waals surface area contributed by atoms with Crippen LogP contribution in [0, 0.1) is 19.8 Å². The standard InChI is InChI=1S/C21H30N4OS/c1-15-16(2)22-14-25(21(15)26)11-17-7-9-24(10-8-17)12-19-13-27-20(23-19)18-5-3-4-6-18/h13-14,17-18H,3-12H2,1-2H3. The Labute approximate surface area is 165 Å². The third-order valence-corrected chi connectivity index (χ3v) is 7.39. The fourth-order valence-electron chi connectivity index (χ4n) is 4.40. The lowest BCUT2D eigenvalue weighted by Gasteiger charge is -2.31. The summed E-state index contributed by atoms with van der Waals surface area (Å²) in [6.07, 6.45) is 9.38. The van der Waals surface area contributed by atoms with Crippen molar-refractivity contribution in [3.63, 3.8) is 0 Å². The number of likely N-dealkylation sites (tertiary alicyclic amines) is 1. The summed E-state index contributed by atoms with van der Waals surface area (Å²) < 4.78 is 1.80. The van der Waals surface area contributed by atoms with Crippen LogP contribution >= 0.6 is 11.3 Å². The summed E-state index contributed by atoms with van der Waals surface area (Å²) in [5, 5.41) is 3.62. The zero-order valence-electron chi connectivity index (χ0n) is 16.5. The number of rotatable bonds is 5. The first-order valence-electron chi connectivity index (χ1n) is 10.3. The van der Waals surface area contributed by atoms with E-state index < -0.39 is 0 Å². The second-order valence-electron chi connectivity index (χ2n) is 8.29. The van der Waals surface area contributed by atoms with Crippen LogP contribution in [0.2, 0.25) is 0 Å². The van der Waals surface area contributed by atoms with Gasteiger partial charge in [-0.1, -0.05) is 12.8 Å². The molecule has 0 spiro atoms.